The van der Waals surface area contributed by atoms with Crippen molar-refractivity contribution in [2.75, 3.05) is 0 Å². The fourth-order valence-electron chi connectivity index (χ4n) is 39.7. The third kappa shape index (κ3) is 11.7. The molecule has 0 aromatic carbocycles. The van der Waals surface area contributed by atoms with E-state index in [0.29, 0.717) is 5.41 Å². The smallest absolute Gasteiger partial charge is 0.156 e. The fourth-order valence-corrected chi connectivity index (χ4v) is 39.7. The van der Waals surface area contributed by atoms with Gasteiger partial charge in [0.05, 0.1) is 0 Å². The van der Waals surface area contributed by atoms with E-state index in [1.165, 1.54) is 0 Å². The van der Waals surface area contributed by atoms with Crippen molar-refractivity contribution < 1.29 is 0 Å². The predicted octanol–water partition coefficient (Wildman–Crippen LogP) is 26.5. The molecular formula is C98H159BN2. The maximum atomic E-state index is 4.00. The Bertz CT molecular complexity index is 2540. The molecule has 2 aliphatic heterocycles. The summed E-state index contributed by atoms with van der Waals surface area (Å²) in [7, 11) is 0. The largest absolute Gasteiger partial charge is 0.295 e. The van der Waals surface area contributed by atoms with Crippen LogP contribution in [0.1, 0.15) is 380 Å². The Labute approximate surface area is 623 Å². The van der Waals surface area contributed by atoms with Crippen molar-refractivity contribution in [1.82, 2.24) is 9.80 Å². The maximum absolute atomic E-state index is 4.00. The maximum Gasteiger partial charge on any atom is 0.156 e. The minimum atomic E-state index is 0.363. The summed E-state index contributed by atoms with van der Waals surface area (Å²) in [6.45, 7) is 9.63. The zero-order valence-corrected chi connectivity index (χ0v) is 66.5. The molecule has 101 heavy (non-hydrogen) atoms. The highest BCUT2D eigenvalue weighted by Gasteiger charge is 2.71. The lowest BCUT2D eigenvalue weighted by Gasteiger charge is -2.73. The Morgan fingerprint density at radius 1 is 0.208 bits per heavy atom. The molecule has 30 atom stereocenters. The number of hydrogen-bond acceptors (Lipinski definition) is 2. The summed E-state index contributed by atoms with van der Waals surface area (Å²) in [5.41, 5.74) is 0.363. The van der Waals surface area contributed by atoms with Crippen molar-refractivity contribution in [3.63, 3.8) is 0 Å². The van der Waals surface area contributed by atoms with Crippen LogP contribution in [0.5, 0.6) is 0 Å². The number of hydrogen-bond donors (Lipinski definition) is 0. The number of rotatable bonds is 8. The Kier molecular flexibility index (Phi) is 19.5. The lowest BCUT2D eigenvalue weighted by molar-refractivity contribution is -0.173. The van der Waals surface area contributed by atoms with Crippen molar-refractivity contribution in [3.8, 4) is 0 Å². The van der Waals surface area contributed by atoms with Crippen LogP contribution in [0.2, 0.25) is 17.5 Å². The molecule has 0 radical (unpaired) electrons. The van der Waals surface area contributed by atoms with Crippen LogP contribution < -0.4 is 0 Å². The van der Waals surface area contributed by atoms with Gasteiger partial charge in [0, 0.05) is 36.3 Å². The summed E-state index contributed by atoms with van der Waals surface area (Å²) in [6.07, 6.45) is 90.3. The highest BCUT2D eigenvalue weighted by atomic mass is 15.3. The van der Waals surface area contributed by atoms with Crippen LogP contribution in [-0.4, -0.2) is 52.8 Å². The van der Waals surface area contributed by atoms with Crippen molar-refractivity contribution in [2.45, 2.75) is 434 Å². The zero-order chi connectivity index (χ0) is 66.8. The third-order valence-corrected chi connectivity index (χ3v) is 42.3. The average molecular weight is 1380 g/mol. The summed E-state index contributed by atoms with van der Waals surface area (Å²) in [5.74, 6) is 33.7. The molecule has 0 aromatic rings. The van der Waals surface area contributed by atoms with Gasteiger partial charge in [-0.1, -0.05) is 265 Å². The second kappa shape index (κ2) is 28.6. The first kappa shape index (κ1) is 69.0. The zero-order valence-electron chi connectivity index (χ0n) is 66.5. The summed E-state index contributed by atoms with van der Waals surface area (Å²) in [6, 6.07) is 5.23. The van der Waals surface area contributed by atoms with E-state index in [4.69, 9.17) is 0 Å². The first-order valence-corrected chi connectivity index (χ1v) is 49.3. The van der Waals surface area contributed by atoms with E-state index in [0.717, 1.165) is 232 Å². The van der Waals surface area contributed by atoms with Gasteiger partial charge in [0.2, 0.25) is 0 Å². The monoisotopic (exact) mass is 1380 g/mol. The molecule has 19 saturated carbocycles. The van der Waals surface area contributed by atoms with Crippen LogP contribution in [0.25, 0.3) is 0 Å². The minimum Gasteiger partial charge on any atom is -0.295 e. The van der Waals surface area contributed by atoms with Gasteiger partial charge in [-0.25, -0.2) is 0 Å². The van der Waals surface area contributed by atoms with Gasteiger partial charge < -0.3 is 0 Å². The van der Waals surface area contributed by atoms with Gasteiger partial charge >= 0.3 is 0 Å². The third-order valence-electron chi connectivity index (χ3n) is 42.3. The molecule has 19 aliphatic carbocycles. The number of nitrogens with zero attached hydrogens (tertiary/aromatic N) is 2. The normalized spacial score (nSPS) is 53.8. The van der Waals surface area contributed by atoms with Crippen LogP contribution in [0.3, 0.4) is 0 Å². The molecule has 0 bridgehead atoms. The summed E-state index contributed by atoms with van der Waals surface area (Å²) >= 11 is 0. The molecule has 2 heterocycles. The van der Waals surface area contributed by atoms with Crippen LogP contribution in [0, 0.1) is 177 Å². The minimum absolute atomic E-state index is 0.363. The first-order valence-electron chi connectivity index (χ1n) is 49.3. The van der Waals surface area contributed by atoms with E-state index in [-0.39, 0.29) is 0 Å². The molecule has 0 spiro atoms. The molecule has 2 saturated heterocycles. The Hall–Kier alpha value is -0.0151. The van der Waals surface area contributed by atoms with Gasteiger partial charge in [-0.05, 0) is 310 Å². The molecule has 21 aliphatic rings. The van der Waals surface area contributed by atoms with Crippen LogP contribution in [-0.2, 0) is 0 Å². The molecule has 2 nitrogen and oxygen atoms in total. The van der Waals surface area contributed by atoms with Crippen molar-refractivity contribution in [1.29, 1.82) is 0 Å². The van der Waals surface area contributed by atoms with E-state index in [1.807, 2.05) is 0 Å². The molecule has 21 fully saturated rings. The second-order valence-corrected chi connectivity index (χ2v) is 46.0. The van der Waals surface area contributed by atoms with Crippen molar-refractivity contribution in [2.24, 2.45) is 177 Å². The molecule has 0 N–H and O–H groups in total. The van der Waals surface area contributed by atoms with Crippen LogP contribution >= 0.6 is 0 Å². The van der Waals surface area contributed by atoms with Crippen molar-refractivity contribution in [3.05, 3.63) is 0 Å². The summed E-state index contributed by atoms with van der Waals surface area (Å²) < 4.78 is 0. The Morgan fingerprint density at radius 2 is 0.495 bits per heavy atom. The van der Waals surface area contributed by atoms with E-state index < -0.39 is 0 Å². The van der Waals surface area contributed by atoms with E-state index in [9.17, 15) is 0 Å². The van der Waals surface area contributed by atoms with Gasteiger partial charge in [0.25, 0.3) is 0 Å². The standard InChI is InChI=1S/C98H159BN2/c1-98(2,3)70-58-87-95-88(59-70)101(97-75(62-28-12-6-13-29-62)40-23-41-76(97)63-30-14-7-15-31-63)86-57-69(72-53-49-67-37-19-45-80-78-43-17-33-65-35-21-47-82(90(65)78)94(72)92(67)80)51-55-84(86)99(95)83-54-50-68(71-52-48-66-36-18-44-79-77-42-16-32-64-34-20-46-81(89(64)77)93(71)91(66)79)56-85(83)100(87)96-73(60-24-8-4-9-25-60)38-22-39-74(96)61-26-10-5-11-27-61/h60-97H,4-59H2,1-3H3. The fraction of sp³-hybridized carbons (Fsp3) is 1.00. The van der Waals surface area contributed by atoms with Crippen LogP contribution in [0.15, 0.2) is 0 Å². The lowest BCUT2D eigenvalue weighted by Crippen LogP contribution is -2.77. The van der Waals surface area contributed by atoms with E-state index >= 15 is 0 Å². The Balaban J connectivity index is 0.725. The SMILES string of the molecule is CC(C)(C)C1CC2C3B(C4CCC(C5CCC6CCCC7C8CCCC9CCCC(C98)C5C67)CC4N2C2C(C4CCCCC4)CCCC2C2CCCCC2)C2CCC(C4CCC5CCCC6C7CCCC8CCCC(C87)C4C56)CC2N(C2C(C4CCCCC4)CCCC2C2CCCCC2)C3C1. The average Bonchev–Trinajstić information content (AvgIpc) is 0.708. The highest BCUT2D eigenvalue weighted by molar-refractivity contribution is 6.65. The molecule has 30 unspecified atom stereocenters. The molecule has 3 heteroatoms. The van der Waals surface area contributed by atoms with Crippen LogP contribution in [0.4, 0.5) is 0 Å². The van der Waals surface area contributed by atoms with E-state index in [1.54, 1.807) is 360 Å². The summed E-state index contributed by atoms with van der Waals surface area (Å²) in [4.78, 5) is 8.01. The molecule has 0 amide bonds. The van der Waals surface area contributed by atoms with Gasteiger partial charge in [0.15, 0.2) is 6.71 Å². The van der Waals surface area contributed by atoms with Crippen molar-refractivity contribution >= 4 is 6.71 Å². The first-order chi connectivity index (χ1) is 49.8. The molecule has 21 rings (SSSR count). The quantitative estimate of drug-likeness (QED) is 0.224. The van der Waals surface area contributed by atoms with Gasteiger partial charge in [-0.15, -0.1) is 0 Å². The van der Waals surface area contributed by atoms with Gasteiger partial charge in [-0.3, -0.25) is 9.80 Å². The second-order valence-electron chi connectivity index (χ2n) is 46.0. The van der Waals surface area contributed by atoms with E-state index in [2.05, 4.69) is 30.6 Å². The predicted molar refractivity (Wildman–Crippen MR) is 423 cm³/mol. The Morgan fingerprint density at radius 3 is 0.842 bits per heavy atom. The summed E-state index contributed by atoms with van der Waals surface area (Å²) in [5, 5.41) is 0. The molecule has 564 valence electrons. The van der Waals surface area contributed by atoms with Gasteiger partial charge in [-0.2, -0.15) is 0 Å². The topological polar surface area (TPSA) is 6.48 Å². The molecule has 0 aromatic heterocycles. The lowest BCUT2D eigenvalue weighted by atomic mass is 9.18. The molecular weight excluding hydrogens is 1220 g/mol. The van der Waals surface area contributed by atoms with Gasteiger partial charge in [0.1, 0.15) is 0 Å². The highest BCUT2D eigenvalue weighted by Crippen LogP contribution is 2.74. The number of fused-ring (bicyclic) bond motifs is 8.